The second kappa shape index (κ2) is 6.13. The van der Waals surface area contributed by atoms with Gasteiger partial charge in [-0.15, -0.1) is 0 Å². The molecular weight excluding hydrogens is 234 g/mol. The molecule has 0 aromatic rings. The van der Waals surface area contributed by atoms with Crippen LogP contribution in [0.25, 0.3) is 0 Å². The lowest BCUT2D eigenvalue weighted by atomic mass is 9.79. The maximum atomic E-state index is 5.59. The Morgan fingerprint density at radius 1 is 1.05 bits per heavy atom. The Balaban J connectivity index is 1.32. The predicted molar refractivity (Wildman–Crippen MR) is 79.2 cm³/mol. The topological polar surface area (TPSA) is 21.3 Å². The van der Waals surface area contributed by atoms with Crippen LogP contribution in [0.5, 0.6) is 0 Å². The molecule has 3 saturated carbocycles. The largest absolute Gasteiger partial charge is 0.379 e. The summed E-state index contributed by atoms with van der Waals surface area (Å²) in [6.07, 6.45) is 10.5. The number of hydrogen-bond donors (Lipinski definition) is 1. The SMILES string of the molecule is CC(C)OCCCCNC1CC2CC1C1CCCC21. The van der Waals surface area contributed by atoms with Gasteiger partial charge in [0.15, 0.2) is 0 Å². The van der Waals surface area contributed by atoms with Gasteiger partial charge in [0.1, 0.15) is 0 Å². The number of nitrogens with one attached hydrogen (secondary N) is 1. The van der Waals surface area contributed by atoms with Crippen molar-refractivity contribution in [3.05, 3.63) is 0 Å². The molecule has 0 spiro atoms. The second-order valence-electron chi connectivity index (χ2n) is 7.34. The van der Waals surface area contributed by atoms with Crippen molar-refractivity contribution < 1.29 is 4.74 Å². The van der Waals surface area contributed by atoms with Crippen LogP contribution in [0.15, 0.2) is 0 Å². The molecule has 0 aliphatic heterocycles. The molecule has 3 fully saturated rings. The Kier molecular flexibility index (Phi) is 4.48. The Morgan fingerprint density at radius 2 is 1.89 bits per heavy atom. The molecule has 1 N–H and O–H groups in total. The molecule has 0 amide bonds. The minimum atomic E-state index is 0.387. The third kappa shape index (κ3) is 3.00. The zero-order valence-electron chi connectivity index (χ0n) is 12.7. The monoisotopic (exact) mass is 265 g/mol. The van der Waals surface area contributed by atoms with E-state index >= 15 is 0 Å². The van der Waals surface area contributed by atoms with Crippen LogP contribution in [0.4, 0.5) is 0 Å². The third-order valence-corrected chi connectivity index (χ3v) is 5.86. The minimum Gasteiger partial charge on any atom is -0.379 e. The van der Waals surface area contributed by atoms with E-state index in [1.165, 1.54) is 38.6 Å². The Labute approximate surface area is 118 Å². The fourth-order valence-electron chi connectivity index (χ4n) is 5.14. The Hall–Kier alpha value is -0.0800. The fourth-order valence-corrected chi connectivity index (χ4v) is 5.14. The van der Waals surface area contributed by atoms with Crippen molar-refractivity contribution >= 4 is 0 Å². The molecule has 3 aliphatic rings. The van der Waals surface area contributed by atoms with Crippen LogP contribution >= 0.6 is 0 Å². The summed E-state index contributed by atoms with van der Waals surface area (Å²) in [6.45, 7) is 6.37. The molecule has 3 rings (SSSR count). The van der Waals surface area contributed by atoms with Gasteiger partial charge in [0, 0.05) is 12.6 Å². The molecule has 110 valence electrons. The first-order valence-electron chi connectivity index (χ1n) is 8.60. The van der Waals surface area contributed by atoms with Crippen LogP contribution in [0.2, 0.25) is 0 Å². The first-order valence-corrected chi connectivity index (χ1v) is 8.60. The van der Waals surface area contributed by atoms with Gasteiger partial charge in [-0.3, -0.25) is 0 Å². The van der Waals surface area contributed by atoms with Gasteiger partial charge in [0.05, 0.1) is 6.10 Å². The van der Waals surface area contributed by atoms with E-state index < -0.39 is 0 Å². The van der Waals surface area contributed by atoms with E-state index in [2.05, 4.69) is 19.2 Å². The maximum Gasteiger partial charge on any atom is 0.0518 e. The number of rotatable bonds is 7. The van der Waals surface area contributed by atoms with Gasteiger partial charge in [0.2, 0.25) is 0 Å². The van der Waals surface area contributed by atoms with Gasteiger partial charge in [-0.1, -0.05) is 6.42 Å². The van der Waals surface area contributed by atoms with Gasteiger partial charge in [-0.05, 0) is 82.6 Å². The van der Waals surface area contributed by atoms with Gasteiger partial charge in [-0.2, -0.15) is 0 Å². The second-order valence-corrected chi connectivity index (χ2v) is 7.34. The van der Waals surface area contributed by atoms with E-state index in [1.807, 2.05) is 0 Å². The normalized spacial score (nSPS) is 40.3. The summed E-state index contributed by atoms with van der Waals surface area (Å²) >= 11 is 0. The smallest absolute Gasteiger partial charge is 0.0518 e. The van der Waals surface area contributed by atoms with Crippen molar-refractivity contribution in [2.24, 2.45) is 23.7 Å². The van der Waals surface area contributed by atoms with E-state index in [0.717, 1.165) is 36.3 Å². The van der Waals surface area contributed by atoms with Crippen LogP contribution in [0.3, 0.4) is 0 Å². The molecule has 0 aromatic carbocycles. The van der Waals surface area contributed by atoms with Gasteiger partial charge < -0.3 is 10.1 Å². The molecule has 0 radical (unpaired) electrons. The van der Waals surface area contributed by atoms with E-state index in [4.69, 9.17) is 4.74 Å². The van der Waals surface area contributed by atoms with Gasteiger partial charge in [-0.25, -0.2) is 0 Å². The first-order chi connectivity index (χ1) is 9.25. The van der Waals surface area contributed by atoms with Crippen LogP contribution in [-0.4, -0.2) is 25.3 Å². The molecule has 0 saturated heterocycles. The van der Waals surface area contributed by atoms with Crippen molar-refractivity contribution in [1.82, 2.24) is 5.32 Å². The van der Waals surface area contributed by atoms with Crippen LogP contribution in [-0.2, 0) is 4.74 Å². The zero-order valence-corrected chi connectivity index (χ0v) is 12.7. The van der Waals surface area contributed by atoms with E-state index in [9.17, 15) is 0 Å². The van der Waals surface area contributed by atoms with Crippen LogP contribution in [0.1, 0.15) is 58.8 Å². The van der Waals surface area contributed by atoms with E-state index in [0.29, 0.717) is 6.10 Å². The highest BCUT2D eigenvalue weighted by atomic mass is 16.5. The number of fused-ring (bicyclic) bond motifs is 5. The third-order valence-electron chi connectivity index (χ3n) is 5.86. The average molecular weight is 265 g/mol. The molecular formula is C17H31NO. The average Bonchev–Trinajstić information content (AvgIpc) is 3.04. The van der Waals surface area contributed by atoms with Crippen molar-refractivity contribution in [1.29, 1.82) is 0 Å². The lowest BCUT2D eigenvalue weighted by Crippen LogP contribution is -2.39. The minimum absolute atomic E-state index is 0.387. The zero-order chi connectivity index (χ0) is 13.2. The van der Waals surface area contributed by atoms with Crippen molar-refractivity contribution in [3.8, 4) is 0 Å². The summed E-state index contributed by atoms with van der Waals surface area (Å²) in [4.78, 5) is 0. The fraction of sp³-hybridized carbons (Fsp3) is 1.00. The standard InChI is InChI=1S/C17H31NO/c1-12(2)19-9-4-3-8-18-17-11-13-10-16(17)15-7-5-6-14(13)15/h12-18H,3-11H2,1-2H3. The first kappa shape index (κ1) is 13.9. The van der Waals surface area contributed by atoms with Gasteiger partial charge in [0.25, 0.3) is 0 Å². The molecule has 3 aliphatic carbocycles. The van der Waals surface area contributed by atoms with Crippen molar-refractivity contribution in [2.75, 3.05) is 13.2 Å². The molecule has 0 heterocycles. The van der Waals surface area contributed by atoms with Crippen molar-refractivity contribution in [3.63, 3.8) is 0 Å². The highest BCUT2D eigenvalue weighted by Gasteiger charge is 2.53. The molecule has 2 bridgehead atoms. The predicted octanol–water partition coefficient (Wildman–Crippen LogP) is 3.61. The van der Waals surface area contributed by atoms with Crippen LogP contribution < -0.4 is 5.32 Å². The molecule has 0 aromatic heterocycles. The number of ether oxygens (including phenoxy) is 1. The summed E-state index contributed by atoms with van der Waals surface area (Å²) in [6, 6.07) is 0.857. The lowest BCUT2D eigenvalue weighted by molar-refractivity contribution is 0.0757. The Bertz CT molecular complexity index is 291. The van der Waals surface area contributed by atoms with Crippen LogP contribution in [0, 0.1) is 23.7 Å². The van der Waals surface area contributed by atoms with E-state index in [-0.39, 0.29) is 0 Å². The highest BCUT2D eigenvalue weighted by molar-refractivity contribution is 5.05. The quantitative estimate of drug-likeness (QED) is 0.710. The highest BCUT2D eigenvalue weighted by Crippen LogP contribution is 2.58. The van der Waals surface area contributed by atoms with Crippen molar-refractivity contribution in [2.45, 2.75) is 70.9 Å². The summed E-state index contributed by atoms with van der Waals surface area (Å²) in [5.41, 5.74) is 0. The Morgan fingerprint density at radius 3 is 2.74 bits per heavy atom. The molecule has 5 atom stereocenters. The lowest BCUT2D eigenvalue weighted by Gasteiger charge is -2.32. The summed E-state index contributed by atoms with van der Waals surface area (Å²) in [5, 5.41) is 3.86. The molecule has 5 unspecified atom stereocenters. The van der Waals surface area contributed by atoms with Gasteiger partial charge >= 0.3 is 0 Å². The maximum absolute atomic E-state index is 5.59. The number of hydrogen-bond acceptors (Lipinski definition) is 2. The molecule has 2 heteroatoms. The molecule has 2 nitrogen and oxygen atoms in total. The molecule has 19 heavy (non-hydrogen) atoms. The summed E-state index contributed by atoms with van der Waals surface area (Å²) in [7, 11) is 0. The number of unbranched alkanes of at least 4 members (excludes halogenated alkanes) is 1. The van der Waals surface area contributed by atoms with E-state index in [1.54, 1.807) is 12.8 Å². The summed E-state index contributed by atoms with van der Waals surface area (Å²) < 4.78 is 5.59. The summed E-state index contributed by atoms with van der Waals surface area (Å²) in [5.74, 6) is 4.34.